The minimum Gasteiger partial charge on any atom is -0.390 e. The monoisotopic (exact) mass is 454 g/mol. The lowest BCUT2D eigenvalue weighted by molar-refractivity contribution is 0.355. The van der Waals surface area contributed by atoms with Crippen LogP contribution in [0.4, 0.5) is 5.69 Å². The number of hydrogen-bond acceptors (Lipinski definition) is 6. The van der Waals surface area contributed by atoms with E-state index in [2.05, 4.69) is 31.3 Å². The molecular weight excluding hydrogens is 428 g/mol. The average molecular weight is 455 g/mol. The number of aryl methyl sites for hydroxylation is 1. The van der Waals surface area contributed by atoms with E-state index in [1.54, 1.807) is 12.3 Å². The number of fused-ring (bicyclic) bond motifs is 1. The van der Waals surface area contributed by atoms with Crippen molar-refractivity contribution in [2.45, 2.75) is 19.8 Å². The van der Waals surface area contributed by atoms with Gasteiger partial charge in [-0.1, -0.05) is 30.3 Å². The summed E-state index contributed by atoms with van der Waals surface area (Å²) in [5.74, 6) is 1.31. The van der Waals surface area contributed by atoms with Crippen molar-refractivity contribution < 1.29 is 5.11 Å². The maximum atomic E-state index is 12.9. The van der Waals surface area contributed by atoms with Gasteiger partial charge in [0.1, 0.15) is 17.2 Å². The summed E-state index contributed by atoms with van der Waals surface area (Å²) in [5, 5.41) is 13.3. The molecule has 8 nitrogen and oxygen atoms in total. The Labute approximate surface area is 196 Å². The highest BCUT2D eigenvalue weighted by atomic mass is 16.3. The van der Waals surface area contributed by atoms with Crippen molar-refractivity contribution in [2.24, 2.45) is 9.98 Å². The van der Waals surface area contributed by atoms with Gasteiger partial charge in [0.2, 0.25) is 0 Å². The highest BCUT2D eigenvalue weighted by Gasteiger charge is 2.17. The van der Waals surface area contributed by atoms with E-state index in [0.29, 0.717) is 29.2 Å². The maximum Gasteiger partial charge on any atom is 0.261 e. The third kappa shape index (κ3) is 4.40. The topological polar surface area (TPSA) is 119 Å². The fourth-order valence-corrected chi connectivity index (χ4v) is 4.19. The lowest BCUT2D eigenvalue weighted by Gasteiger charge is -2.15. The largest absolute Gasteiger partial charge is 0.390 e. The van der Waals surface area contributed by atoms with Gasteiger partial charge in [-0.3, -0.25) is 14.8 Å². The number of aliphatic imine (C=N–C) groups is 2. The Hall–Kier alpha value is -4.04. The molecule has 1 aliphatic rings. The van der Waals surface area contributed by atoms with Crippen molar-refractivity contribution in [1.82, 2.24) is 20.3 Å². The molecule has 8 heteroatoms. The molecule has 2 aromatic heterocycles. The molecule has 4 N–H and O–H groups in total. The molecule has 0 bridgehead atoms. The van der Waals surface area contributed by atoms with Crippen LogP contribution in [0.3, 0.4) is 0 Å². The van der Waals surface area contributed by atoms with Crippen LogP contribution in [0.1, 0.15) is 23.1 Å². The second kappa shape index (κ2) is 9.44. The Kier molecular flexibility index (Phi) is 6.05. The fourth-order valence-electron chi connectivity index (χ4n) is 4.19. The van der Waals surface area contributed by atoms with Crippen LogP contribution in [0.15, 0.2) is 69.5 Å². The van der Waals surface area contributed by atoms with Crippen molar-refractivity contribution >= 4 is 28.3 Å². The van der Waals surface area contributed by atoms with Crippen LogP contribution < -0.4 is 10.9 Å². The van der Waals surface area contributed by atoms with E-state index in [0.717, 1.165) is 53.1 Å². The summed E-state index contributed by atoms with van der Waals surface area (Å²) in [6.07, 6.45) is 3.07. The quantitative estimate of drug-likeness (QED) is 0.334. The number of hydrogen-bond donors (Lipinski definition) is 4. The lowest BCUT2D eigenvalue weighted by atomic mass is 10.1. The van der Waals surface area contributed by atoms with Gasteiger partial charge in [0.25, 0.3) is 5.56 Å². The van der Waals surface area contributed by atoms with Crippen molar-refractivity contribution in [2.75, 3.05) is 19.7 Å². The van der Waals surface area contributed by atoms with E-state index in [-0.39, 0.29) is 12.2 Å². The van der Waals surface area contributed by atoms with Crippen LogP contribution in [0.5, 0.6) is 0 Å². The molecule has 0 unspecified atom stereocenters. The number of aliphatic hydroxyl groups is 1. The first-order chi connectivity index (χ1) is 16.6. The first kappa shape index (κ1) is 21.8. The molecule has 0 atom stereocenters. The molecule has 2 aromatic carbocycles. The molecule has 3 heterocycles. The zero-order valence-electron chi connectivity index (χ0n) is 18.9. The Morgan fingerprint density at radius 2 is 2.03 bits per heavy atom. The molecule has 0 saturated carbocycles. The smallest absolute Gasteiger partial charge is 0.261 e. The molecule has 0 fully saturated rings. The van der Waals surface area contributed by atoms with Crippen LogP contribution in [0.2, 0.25) is 0 Å². The van der Waals surface area contributed by atoms with Gasteiger partial charge in [0.05, 0.1) is 23.3 Å². The average Bonchev–Trinajstić information content (AvgIpc) is 3.29. The zero-order valence-corrected chi connectivity index (χ0v) is 18.9. The van der Waals surface area contributed by atoms with Gasteiger partial charge >= 0.3 is 0 Å². The fraction of sp³-hybridized carbons (Fsp3) is 0.231. The van der Waals surface area contributed by atoms with Crippen LogP contribution >= 0.6 is 0 Å². The van der Waals surface area contributed by atoms with Crippen molar-refractivity contribution in [1.29, 1.82) is 0 Å². The summed E-state index contributed by atoms with van der Waals surface area (Å²) in [6, 6.07) is 15.6. The summed E-state index contributed by atoms with van der Waals surface area (Å²) in [7, 11) is 0. The second-order valence-corrected chi connectivity index (χ2v) is 8.35. The van der Waals surface area contributed by atoms with Gasteiger partial charge in [0.15, 0.2) is 0 Å². The van der Waals surface area contributed by atoms with Gasteiger partial charge in [-0.15, -0.1) is 0 Å². The van der Waals surface area contributed by atoms with E-state index < -0.39 is 0 Å². The van der Waals surface area contributed by atoms with Crippen LogP contribution in [-0.2, 0) is 6.42 Å². The Balaban J connectivity index is 1.57. The number of nitrogens with one attached hydrogen (secondary N) is 3. The zero-order chi connectivity index (χ0) is 23.5. The summed E-state index contributed by atoms with van der Waals surface area (Å²) in [5.41, 5.74) is 5.69. The van der Waals surface area contributed by atoms with Gasteiger partial charge in [-0.05, 0) is 42.7 Å². The third-order valence-corrected chi connectivity index (χ3v) is 5.84. The molecule has 34 heavy (non-hydrogen) atoms. The normalized spacial score (nSPS) is 14.2. The summed E-state index contributed by atoms with van der Waals surface area (Å²) in [4.78, 5) is 32.9. The van der Waals surface area contributed by atoms with Crippen molar-refractivity contribution in [3.05, 3.63) is 81.8 Å². The van der Waals surface area contributed by atoms with E-state index in [4.69, 9.17) is 4.98 Å². The van der Waals surface area contributed by atoms with Crippen molar-refractivity contribution in [3.8, 4) is 11.4 Å². The predicted molar refractivity (Wildman–Crippen MR) is 135 cm³/mol. The van der Waals surface area contributed by atoms with Crippen LogP contribution in [0, 0.1) is 6.92 Å². The molecule has 0 amide bonds. The molecule has 172 valence electrons. The van der Waals surface area contributed by atoms with Gasteiger partial charge in [-0.2, -0.15) is 0 Å². The Morgan fingerprint density at radius 1 is 1.18 bits per heavy atom. The summed E-state index contributed by atoms with van der Waals surface area (Å²) in [6.45, 7) is 3.50. The number of nitrogens with zero attached hydrogens (tertiary/aromatic N) is 3. The number of aromatic nitrogens is 3. The molecule has 0 aliphatic carbocycles. The van der Waals surface area contributed by atoms with Gasteiger partial charge in [-0.25, -0.2) is 4.98 Å². The number of imidazole rings is 1. The van der Waals surface area contributed by atoms with Crippen LogP contribution in [0.25, 0.3) is 22.4 Å². The molecule has 0 radical (unpaired) electrons. The number of benzene rings is 2. The minimum absolute atomic E-state index is 0.209. The molecule has 0 spiro atoms. The van der Waals surface area contributed by atoms with E-state index in [9.17, 15) is 9.90 Å². The van der Waals surface area contributed by atoms with Crippen molar-refractivity contribution in [3.63, 3.8) is 0 Å². The standard InChI is InChI=1S/C26H26N6O2/c1-16-12-18(24-27-9-5-10-28-24)14-21-23(16)32-25(31-21)22-20(8-11-29-26(22)34)30-19(15-33)13-17-6-3-2-4-7-17/h2-4,6-8,11-12,14,33H,5,9-10,13,15H2,1H3,(H,27,28)(H,29,34)(H,31,32). The maximum absolute atomic E-state index is 12.9. The predicted octanol–water partition coefficient (Wildman–Crippen LogP) is 3.27. The van der Waals surface area contributed by atoms with Gasteiger partial charge in [0, 0.05) is 37.0 Å². The number of aromatic amines is 2. The molecule has 5 rings (SSSR count). The number of H-pyrrole nitrogens is 2. The van der Waals surface area contributed by atoms with Gasteiger partial charge < -0.3 is 20.4 Å². The molecular formula is C26H26N6O2. The second-order valence-electron chi connectivity index (χ2n) is 8.35. The third-order valence-electron chi connectivity index (χ3n) is 5.84. The number of aliphatic hydroxyl groups excluding tert-OH is 1. The number of amidine groups is 1. The SMILES string of the molecule is Cc1cc(C2=NCCCN2)cc2[nH]c(-c3c(N=C(CO)Cc4ccccc4)cc[nH]c3=O)nc12. The van der Waals surface area contributed by atoms with E-state index in [1.165, 1.54) is 0 Å². The van der Waals surface area contributed by atoms with E-state index >= 15 is 0 Å². The summed E-state index contributed by atoms with van der Waals surface area (Å²) >= 11 is 0. The number of rotatable bonds is 6. The number of pyridine rings is 1. The molecule has 1 aliphatic heterocycles. The highest BCUT2D eigenvalue weighted by Crippen LogP contribution is 2.28. The first-order valence-electron chi connectivity index (χ1n) is 11.3. The Morgan fingerprint density at radius 3 is 2.79 bits per heavy atom. The highest BCUT2D eigenvalue weighted by molar-refractivity contribution is 6.02. The van der Waals surface area contributed by atoms with Crippen LogP contribution in [-0.4, -0.2) is 51.3 Å². The lowest BCUT2D eigenvalue weighted by Crippen LogP contribution is -2.30. The minimum atomic E-state index is -0.298. The Bertz CT molecular complexity index is 1450. The summed E-state index contributed by atoms with van der Waals surface area (Å²) < 4.78 is 0. The molecule has 4 aromatic rings. The molecule has 0 saturated heterocycles. The van der Waals surface area contributed by atoms with E-state index in [1.807, 2.05) is 43.3 Å². The first-order valence-corrected chi connectivity index (χ1v) is 11.3.